The van der Waals surface area contributed by atoms with Gasteiger partial charge in [-0.15, -0.1) is 0 Å². The van der Waals surface area contributed by atoms with Gasteiger partial charge in [0.1, 0.15) is 14.0 Å². The van der Waals surface area contributed by atoms with E-state index in [1.165, 1.54) is 167 Å². The molecule has 0 aromatic carbocycles. The Hall–Kier alpha value is 0.0743. The van der Waals surface area contributed by atoms with Crippen molar-refractivity contribution in [3.05, 3.63) is 92.0 Å². The molecule has 0 saturated carbocycles. The predicted octanol–water partition coefficient (Wildman–Crippen LogP) is 15.2. The molecular weight excluding hydrogens is 914 g/mol. The van der Waals surface area contributed by atoms with E-state index in [4.69, 9.17) is 28.4 Å². The van der Waals surface area contributed by atoms with Crippen LogP contribution >= 0.6 is 32.8 Å². The molecule has 6 saturated heterocycles. The van der Waals surface area contributed by atoms with Crippen molar-refractivity contribution >= 4 is 70.5 Å². The topological polar surface area (TPSA) is 55.4 Å². The third-order valence-electron chi connectivity index (χ3n) is 11.0. The summed E-state index contributed by atoms with van der Waals surface area (Å²) in [5.74, 6) is 9.29. The van der Waals surface area contributed by atoms with Crippen LogP contribution in [0.1, 0.15) is 122 Å². The molecule has 4 aromatic heterocycles. The summed E-state index contributed by atoms with van der Waals surface area (Å²) >= 11 is 0. The molecule has 6 nitrogen and oxygen atoms in total. The second-order valence-electron chi connectivity index (χ2n) is 16.6. The summed E-state index contributed by atoms with van der Waals surface area (Å²) in [6, 6.07) is 9.36. The molecule has 10 rings (SSSR count). The molecule has 0 N–H and O–H groups in total. The van der Waals surface area contributed by atoms with Crippen LogP contribution in [0.15, 0.2) is 47.5 Å². The largest absolute Gasteiger partial charge is 0.381 e. The first kappa shape index (κ1) is 65.1. The van der Waals surface area contributed by atoms with E-state index in [1.807, 2.05) is 0 Å². The predicted molar refractivity (Wildman–Crippen MR) is 285 cm³/mol. The standard InChI is InChI=1S/2C14H16P2.6C4H8O.Fe.2Li/c2*1-9-5-13(15-7-11(9)3)14-6-10(2)12(4)8-16-14;6*1-2-4-5-3-1;;;/h2*5-8H,1-4H3;6*1-4H2;;;/p+1. The second-order valence-corrected chi connectivity index (χ2v) is 20.7. The van der Waals surface area contributed by atoms with Gasteiger partial charge < -0.3 is 28.4 Å². The van der Waals surface area contributed by atoms with E-state index in [-0.39, 0.29) is 54.8 Å². The van der Waals surface area contributed by atoms with Crippen LogP contribution in [-0.4, -0.2) is 117 Å². The van der Waals surface area contributed by atoms with Crippen LogP contribution in [0.25, 0.3) is 21.2 Å². The van der Waals surface area contributed by atoms with Crippen molar-refractivity contribution in [2.45, 2.75) is 132 Å². The summed E-state index contributed by atoms with van der Waals surface area (Å²) in [4.78, 5) is 0. The third-order valence-corrected chi connectivity index (χ3v) is 16.2. The molecule has 4 aromatic rings. The molecule has 0 amide bonds. The molecule has 1 atom stereocenters. The Balaban J connectivity index is 0.000000764. The van der Waals surface area contributed by atoms with Crippen molar-refractivity contribution in [1.29, 1.82) is 0 Å². The monoisotopic (exact) mass is 995 g/mol. The maximum absolute atomic E-state index is 4.94. The van der Waals surface area contributed by atoms with Crippen LogP contribution < -0.4 is 0 Å². The molecule has 0 aliphatic carbocycles. The van der Waals surface area contributed by atoms with Crippen molar-refractivity contribution in [3.8, 4) is 21.2 Å². The summed E-state index contributed by atoms with van der Waals surface area (Å²) in [5, 5.41) is 5.89. The van der Waals surface area contributed by atoms with Crippen LogP contribution in [0.5, 0.6) is 0 Å². The molecule has 6 aliphatic heterocycles. The molecule has 354 valence electrons. The van der Waals surface area contributed by atoms with Gasteiger partial charge in [-0.05, 0) is 219 Å². The Morgan fingerprint density at radius 2 is 0.554 bits per heavy atom. The Kier molecular flexibility index (Phi) is 41.9. The molecule has 2 radical (unpaired) electrons. The number of hydrogen-bond donors (Lipinski definition) is 0. The van der Waals surface area contributed by atoms with Crippen LogP contribution in [-0.2, 0) is 45.5 Å². The van der Waals surface area contributed by atoms with Gasteiger partial charge >= 0.3 is 0 Å². The Morgan fingerprint density at radius 1 is 0.323 bits per heavy atom. The summed E-state index contributed by atoms with van der Waals surface area (Å²) in [5.41, 5.74) is 11.3. The van der Waals surface area contributed by atoms with E-state index < -0.39 is 0 Å². The maximum atomic E-state index is 4.94. The van der Waals surface area contributed by atoms with E-state index in [0.29, 0.717) is 0 Å². The Morgan fingerprint density at radius 3 is 0.769 bits per heavy atom. The molecule has 1 unspecified atom stereocenters. The van der Waals surface area contributed by atoms with Gasteiger partial charge in [-0.25, -0.2) is 0 Å². The van der Waals surface area contributed by atoms with Gasteiger partial charge in [-0.3, -0.25) is 0 Å². The second kappa shape index (κ2) is 41.8. The summed E-state index contributed by atoms with van der Waals surface area (Å²) in [7, 11) is 4.86. The maximum Gasteiger partial charge on any atom is 0.158 e. The van der Waals surface area contributed by atoms with Gasteiger partial charge in [0.2, 0.25) is 0 Å². The van der Waals surface area contributed by atoms with Crippen LogP contribution in [0.3, 0.4) is 0 Å². The minimum atomic E-state index is 0. The number of hydrogen-bond acceptors (Lipinski definition) is 6. The van der Waals surface area contributed by atoms with Crippen molar-refractivity contribution in [2.24, 2.45) is 0 Å². The summed E-state index contributed by atoms with van der Waals surface area (Å²) in [6.45, 7) is 29.5. The van der Waals surface area contributed by atoms with Gasteiger partial charge in [0, 0.05) is 145 Å². The zero-order valence-corrected chi connectivity index (χ0v) is 47.0. The molecule has 13 heteroatoms. The van der Waals surface area contributed by atoms with Crippen LogP contribution in [0.2, 0.25) is 0 Å². The van der Waals surface area contributed by atoms with Gasteiger partial charge in [0.05, 0.1) is 5.30 Å². The van der Waals surface area contributed by atoms with E-state index in [2.05, 4.69) is 103 Å². The molecule has 6 aliphatic rings. The molecule has 0 bridgehead atoms. The first-order valence-electron chi connectivity index (χ1n) is 23.4. The SMILES string of the molecule is C1CCOC1.C1CCOC1.C1CCOC1.C1CCOC1.C1CCOC1.C1CCOC1.Cc1cpc(-c2cc(C)c(C)c[pH+]2)cc1C.Cc1cpc(-c2cc(C)c(C)cp2)cc1C.[Fe].[Li].[Li]. The minimum absolute atomic E-state index is 0. The van der Waals surface area contributed by atoms with Gasteiger partial charge in [0.25, 0.3) is 0 Å². The molecule has 0 spiro atoms. The normalized spacial score (nSPS) is 16.7. The van der Waals surface area contributed by atoms with E-state index in [1.54, 1.807) is 0 Å². The van der Waals surface area contributed by atoms with E-state index >= 15 is 0 Å². The van der Waals surface area contributed by atoms with E-state index in [0.717, 1.165) is 87.5 Å². The average Bonchev–Trinajstić information content (AvgIpc) is 4.16. The number of rotatable bonds is 2. The van der Waals surface area contributed by atoms with E-state index in [9.17, 15) is 0 Å². The Labute approximate surface area is 437 Å². The molecule has 65 heavy (non-hydrogen) atoms. The number of ether oxygens (including phenoxy) is 6. The fourth-order valence-electron chi connectivity index (χ4n) is 6.18. The third kappa shape index (κ3) is 30.4. The first-order valence-corrected chi connectivity index (χ1v) is 27.4. The number of aryl methyl sites for hydroxylation is 8. The van der Waals surface area contributed by atoms with Crippen molar-refractivity contribution in [1.82, 2.24) is 0 Å². The van der Waals surface area contributed by atoms with Crippen LogP contribution in [0, 0.1) is 55.4 Å². The average molecular weight is 996 g/mol. The van der Waals surface area contributed by atoms with Gasteiger partial charge in [0.15, 0.2) is 5.30 Å². The molecule has 6 fully saturated rings. The minimum Gasteiger partial charge on any atom is -0.381 e. The van der Waals surface area contributed by atoms with Gasteiger partial charge in [-0.1, -0.05) is 24.6 Å². The van der Waals surface area contributed by atoms with Crippen LogP contribution in [0.4, 0.5) is 0 Å². The van der Waals surface area contributed by atoms with Crippen molar-refractivity contribution < 1.29 is 45.5 Å². The Bertz CT molecular complexity index is 1460. The summed E-state index contributed by atoms with van der Waals surface area (Å²) in [6.07, 6.45) is 15.3. The fraction of sp³-hybridized carbons (Fsp3) is 0.615. The zero-order chi connectivity index (χ0) is 44.6. The first-order chi connectivity index (χ1) is 30.2. The summed E-state index contributed by atoms with van der Waals surface area (Å²) < 4.78 is 29.7. The smallest absolute Gasteiger partial charge is 0.158 e. The molecule has 10 heterocycles. The van der Waals surface area contributed by atoms with Gasteiger partial charge in [-0.2, -0.15) is 0 Å². The quantitative estimate of drug-likeness (QED) is 0.187. The zero-order valence-electron chi connectivity index (χ0n) is 42.2. The fourth-order valence-corrected chi connectivity index (χ4v) is 11.0. The molecular formula is C52H81FeLi2O6P4+. The van der Waals surface area contributed by atoms with Crippen molar-refractivity contribution in [2.75, 3.05) is 79.3 Å². The van der Waals surface area contributed by atoms with Crippen molar-refractivity contribution in [3.63, 3.8) is 0 Å².